The molecule has 0 aromatic heterocycles. The molecule has 0 amide bonds. The van der Waals surface area contributed by atoms with Crippen LogP contribution in [0.4, 0.5) is 0 Å². The molecule has 0 radical (unpaired) electrons. The summed E-state index contributed by atoms with van der Waals surface area (Å²) in [5, 5.41) is 31.5. The van der Waals surface area contributed by atoms with Gasteiger partial charge in [-0.25, -0.2) is 0 Å². The van der Waals surface area contributed by atoms with Crippen molar-refractivity contribution in [3.63, 3.8) is 0 Å². The Balaban J connectivity index is 1.59. The second-order valence-corrected chi connectivity index (χ2v) is 10.5. The Morgan fingerprint density at radius 1 is 1.11 bits per heavy atom. The Morgan fingerprint density at radius 2 is 1.89 bits per heavy atom. The minimum absolute atomic E-state index is 0.0380. The third-order valence-electron chi connectivity index (χ3n) is 9.88. The van der Waals surface area contributed by atoms with Crippen molar-refractivity contribution in [2.24, 2.45) is 28.6 Å². The highest BCUT2D eigenvalue weighted by molar-refractivity contribution is 5.83. The number of methoxy groups -OCH3 is 1. The number of carbonyl (C=O) groups is 1. The molecule has 0 aromatic carbocycles. The maximum atomic E-state index is 12.5. The fraction of sp³-hybridized carbons (Fsp3) is 0.955. The van der Waals surface area contributed by atoms with E-state index in [9.17, 15) is 20.1 Å². The number of Topliss-reactive ketones (excluding diaryl/α,β-unsaturated/α-hetero) is 1. The van der Waals surface area contributed by atoms with Gasteiger partial charge in [-0.2, -0.15) is 0 Å². The van der Waals surface area contributed by atoms with Gasteiger partial charge >= 0.3 is 0 Å². The summed E-state index contributed by atoms with van der Waals surface area (Å²) in [5.41, 5.74) is -1.96. The molecule has 5 fully saturated rings. The maximum absolute atomic E-state index is 12.5. The van der Waals surface area contributed by atoms with E-state index in [-0.39, 0.29) is 41.2 Å². The van der Waals surface area contributed by atoms with E-state index in [1.807, 2.05) is 0 Å². The van der Waals surface area contributed by atoms with Crippen molar-refractivity contribution in [1.29, 1.82) is 0 Å². The van der Waals surface area contributed by atoms with Crippen LogP contribution in [-0.4, -0.2) is 58.4 Å². The van der Waals surface area contributed by atoms with Crippen LogP contribution in [0.25, 0.3) is 0 Å². The Bertz CT molecular complexity index is 682. The zero-order valence-electron chi connectivity index (χ0n) is 17.0. The van der Waals surface area contributed by atoms with Gasteiger partial charge < -0.3 is 24.8 Å². The Labute approximate surface area is 166 Å². The first kappa shape index (κ1) is 19.4. The van der Waals surface area contributed by atoms with Crippen LogP contribution in [0.1, 0.15) is 64.7 Å². The fourth-order valence-corrected chi connectivity index (χ4v) is 8.85. The average Bonchev–Trinajstić information content (AvgIpc) is 3.13. The van der Waals surface area contributed by atoms with E-state index in [0.29, 0.717) is 19.3 Å². The molecule has 3 N–H and O–H groups in total. The van der Waals surface area contributed by atoms with E-state index < -0.39 is 23.4 Å². The molecule has 1 aliphatic heterocycles. The second kappa shape index (κ2) is 6.01. The van der Waals surface area contributed by atoms with Gasteiger partial charge in [-0.1, -0.05) is 6.92 Å². The molecule has 6 heteroatoms. The number of ether oxygens (including phenoxy) is 2. The van der Waals surface area contributed by atoms with Crippen LogP contribution in [0, 0.1) is 28.6 Å². The summed E-state index contributed by atoms with van der Waals surface area (Å²) in [6, 6.07) is 0. The number of hydrogen-bond acceptors (Lipinski definition) is 6. The first-order valence-corrected chi connectivity index (χ1v) is 11.0. The van der Waals surface area contributed by atoms with Crippen molar-refractivity contribution >= 4 is 5.78 Å². The smallest absolute Gasteiger partial charge is 0.166 e. The third kappa shape index (κ3) is 2.04. The SMILES string of the molecule is CO[C@@H]1O[C@]23CC[C@@]4(O)C[C@@H](O)CC[C@]14[C@@H]2CC[C@@]1(C)[C@H](C(=O)CO)CC[C@@H]13. The van der Waals surface area contributed by atoms with E-state index >= 15 is 0 Å². The van der Waals surface area contributed by atoms with Crippen molar-refractivity contribution in [1.82, 2.24) is 0 Å². The molecule has 5 rings (SSSR count). The molecule has 4 saturated carbocycles. The number of aliphatic hydroxyl groups is 3. The lowest BCUT2D eigenvalue weighted by atomic mass is 9.42. The van der Waals surface area contributed by atoms with Crippen LogP contribution in [0.3, 0.4) is 0 Å². The highest BCUT2D eigenvalue weighted by Crippen LogP contribution is 2.75. The van der Waals surface area contributed by atoms with Gasteiger partial charge in [0.15, 0.2) is 12.1 Å². The summed E-state index contributed by atoms with van der Waals surface area (Å²) in [5.74, 6) is 0.293. The number of fused-ring (bicyclic) bond motifs is 1. The van der Waals surface area contributed by atoms with Gasteiger partial charge in [0.2, 0.25) is 0 Å². The van der Waals surface area contributed by atoms with Crippen LogP contribution in [0.5, 0.6) is 0 Å². The van der Waals surface area contributed by atoms with Crippen molar-refractivity contribution in [2.45, 2.75) is 88.3 Å². The molecule has 2 bridgehead atoms. The predicted molar refractivity (Wildman–Crippen MR) is 100 cm³/mol. The van der Waals surface area contributed by atoms with E-state index in [1.54, 1.807) is 7.11 Å². The molecule has 1 spiro atoms. The molecule has 6 nitrogen and oxygen atoms in total. The van der Waals surface area contributed by atoms with Gasteiger partial charge in [0.25, 0.3) is 0 Å². The Hall–Kier alpha value is -0.530. The second-order valence-electron chi connectivity index (χ2n) is 10.5. The first-order valence-electron chi connectivity index (χ1n) is 11.0. The van der Waals surface area contributed by atoms with Crippen molar-refractivity contribution < 1.29 is 29.6 Å². The molecular formula is C22H34O6. The number of hydrogen-bond donors (Lipinski definition) is 3. The molecule has 5 aliphatic rings. The van der Waals surface area contributed by atoms with Gasteiger partial charge in [-0.05, 0) is 62.7 Å². The van der Waals surface area contributed by atoms with Gasteiger partial charge in [-0.15, -0.1) is 0 Å². The van der Waals surface area contributed by atoms with Crippen molar-refractivity contribution in [3.05, 3.63) is 0 Å². The number of carbonyl (C=O) groups excluding carboxylic acids is 1. The first-order chi connectivity index (χ1) is 13.3. The molecular weight excluding hydrogens is 360 g/mol. The van der Waals surface area contributed by atoms with E-state index in [4.69, 9.17) is 9.47 Å². The summed E-state index contributed by atoms with van der Waals surface area (Å²) in [4.78, 5) is 12.5. The monoisotopic (exact) mass is 394 g/mol. The lowest BCUT2D eigenvalue weighted by Crippen LogP contribution is -2.67. The van der Waals surface area contributed by atoms with E-state index in [0.717, 1.165) is 38.5 Å². The van der Waals surface area contributed by atoms with Crippen LogP contribution < -0.4 is 0 Å². The predicted octanol–water partition coefficient (Wildman–Crippen LogP) is 1.79. The van der Waals surface area contributed by atoms with Crippen LogP contribution in [0.2, 0.25) is 0 Å². The lowest BCUT2D eigenvalue weighted by molar-refractivity contribution is -0.239. The Morgan fingerprint density at radius 3 is 2.61 bits per heavy atom. The van der Waals surface area contributed by atoms with Crippen LogP contribution in [-0.2, 0) is 14.3 Å². The number of ketones is 1. The summed E-state index contributed by atoms with van der Waals surface area (Å²) in [6.07, 6.45) is 5.79. The highest BCUT2D eigenvalue weighted by atomic mass is 16.7. The van der Waals surface area contributed by atoms with Gasteiger partial charge in [0, 0.05) is 25.4 Å². The molecule has 9 atom stereocenters. The topological polar surface area (TPSA) is 96.2 Å². The third-order valence-corrected chi connectivity index (χ3v) is 9.88. The van der Waals surface area contributed by atoms with Gasteiger partial charge in [0.1, 0.15) is 6.61 Å². The molecule has 1 heterocycles. The van der Waals surface area contributed by atoms with Crippen molar-refractivity contribution in [3.8, 4) is 0 Å². The Kier molecular flexibility index (Phi) is 4.17. The molecule has 4 aliphatic carbocycles. The molecule has 158 valence electrons. The zero-order valence-corrected chi connectivity index (χ0v) is 17.0. The minimum Gasteiger partial charge on any atom is -0.393 e. The minimum atomic E-state index is -0.956. The summed E-state index contributed by atoms with van der Waals surface area (Å²) in [7, 11) is 1.67. The standard InChI is InChI=1S/C22H34O6/c1-19-7-6-17-21-8-5-13(24)11-20(21,26)9-10-22(17,28-18(21)27-2)16(19)4-3-14(19)15(25)12-23/h13-14,16-18,23-24,26H,3-12H2,1-2H3/t13-,14-,16-,17-,18+,19-,20+,21-,22-/m0/s1. The van der Waals surface area contributed by atoms with E-state index in [2.05, 4.69) is 6.92 Å². The van der Waals surface area contributed by atoms with Crippen LogP contribution >= 0.6 is 0 Å². The van der Waals surface area contributed by atoms with E-state index in [1.165, 1.54) is 0 Å². The number of aliphatic hydroxyl groups excluding tert-OH is 2. The normalized spacial score (nSPS) is 57.4. The lowest BCUT2D eigenvalue weighted by Gasteiger charge is -2.63. The van der Waals surface area contributed by atoms with Gasteiger partial charge in [0.05, 0.1) is 22.7 Å². The maximum Gasteiger partial charge on any atom is 0.166 e. The summed E-state index contributed by atoms with van der Waals surface area (Å²) >= 11 is 0. The quantitative estimate of drug-likeness (QED) is 0.675. The van der Waals surface area contributed by atoms with Crippen LogP contribution in [0.15, 0.2) is 0 Å². The highest BCUT2D eigenvalue weighted by Gasteiger charge is 2.79. The average molecular weight is 395 g/mol. The molecule has 0 unspecified atom stereocenters. The molecule has 0 aromatic rings. The summed E-state index contributed by atoms with van der Waals surface area (Å²) in [6.45, 7) is 1.84. The fourth-order valence-electron chi connectivity index (χ4n) is 8.85. The number of rotatable bonds is 3. The van der Waals surface area contributed by atoms with Crippen molar-refractivity contribution in [2.75, 3.05) is 13.7 Å². The molecule has 1 saturated heterocycles. The summed E-state index contributed by atoms with van der Waals surface area (Å²) < 4.78 is 12.7. The molecule has 28 heavy (non-hydrogen) atoms. The van der Waals surface area contributed by atoms with Gasteiger partial charge in [-0.3, -0.25) is 4.79 Å². The largest absolute Gasteiger partial charge is 0.393 e. The zero-order chi connectivity index (χ0) is 19.9.